The van der Waals surface area contributed by atoms with E-state index in [0.29, 0.717) is 0 Å². The van der Waals surface area contributed by atoms with Crippen LogP contribution in [0.15, 0.2) is 30.5 Å². The maximum Gasteiger partial charge on any atom is 0.226 e. The van der Waals surface area contributed by atoms with Crippen molar-refractivity contribution in [2.45, 2.75) is 32.2 Å². The summed E-state index contributed by atoms with van der Waals surface area (Å²) in [6, 6.07) is 6.21. The second-order valence-corrected chi connectivity index (χ2v) is 5.73. The third-order valence-corrected chi connectivity index (χ3v) is 4.02. The number of aromatic amines is 1. The van der Waals surface area contributed by atoms with Crippen molar-refractivity contribution in [1.82, 2.24) is 14.9 Å². The molecule has 0 radical (unpaired) electrons. The zero-order chi connectivity index (χ0) is 16.2. The molecule has 3 rings (SSSR count). The normalized spacial score (nSPS) is 17.5. The van der Waals surface area contributed by atoms with Gasteiger partial charge in [0.1, 0.15) is 5.82 Å². The van der Waals surface area contributed by atoms with Gasteiger partial charge in [-0.05, 0) is 31.9 Å². The van der Waals surface area contributed by atoms with E-state index in [4.69, 9.17) is 4.74 Å². The lowest BCUT2D eigenvalue weighted by molar-refractivity contribution is -0.132. The Morgan fingerprint density at radius 3 is 3.04 bits per heavy atom. The zero-order valence-corrected chi connectivity index (χ0v) is 13.1. The number of carbonyl (C=O) groups is 1. The summed E-state index contributed by atoms with van der Waals surface area (Å²) in [7, 11) is 0. The van der Waals surface area contributed by atoms with Crippen LogP contribution in [0.3, 0.4) is 0 Å². The minimum absolute atomic E-state index is 0.00432. The van der Waals surface area contributed by atoms with E-state index in [1.165, 1.54) is 6.07 Å². The van der Waals surface area contributed by atoms with Gasteiger partial charge in [0, 0.05) is 18.4 Å². The molecule has 0 aliphatic carbocycles. The van der Waals surface area contributed by atoms with Crippen LogP contribution in [0.4, 0.5) is 4.39 Å². The number of benzene rings is 1. The molecule has 0 bridgehead atoms. The summed E-state index contributed by atoms with van der Waals surface area (Å²) in [5, 5.41) is 0. The second-order valence-electron chi connectivity index (χ2n) is 5.73. The summed E-state index contributed by atoms with van der Waals surface area (Å²) in [5.41, 5.74) is 0.988. The van der Waals surface area contributed by atoms with Gasteiger partial charge in [0.25, 0.3) is 0 Å². The highest BCUT2D eigenvalue weighted by atomic mass is 19.1. The lowest BCUT2D eigenvalue weighted by Gasteiger charge is -2.23. The van der Waals surface area contributed by atoms with Crippen molar-refractivity contribution in [3.8, 4) is 5.75 Å². The molecule has 0 spiro atoms. The van der Waals surface area contributed by atoms with Gasteiger partial charge in [-0.1, -0.05) is 12.1 Å². The molecule has 1 aliphatic heterocycles. The standard InChI is InChI=1S/C17H20FN3O2/c1-12-11-19-17(20-12)14-6-4-9-21(14)16(22)8-10-23-15-7-3-2-5-13(15)18/h2-3,5,7,11,14H,4,6,8-10H2,1H3,(H,19,20). The van der Waals surface area contributed by atoms with Crippen molar-refractivity contribution >= 4 is 5.91 Å². The summed E-state index contributed by atoms with van der Waals surface area (Å²) in [6.45, 7) is 2.84. The van der Waals surface area contributed by atoms with Gasteiger partial charge in [-0.15, -0.1) is 0 Å². The van der Waals surface area contributed by atoms with Gasteiger partial charge in [-0.2, -0.15) is 0 Å². The van der Waals surface area contributed by atoms with Crippen LogP contribution in [0.5, 0.6) is 5.75 Å². The molecular formula is C17H20FN3O2. The average Bonchev–Trinajstić information content (AvgIpc) is 3.17. The topological polar surface area (TPSA) is 58.2 Å². The van der Waals surface area contributed by atoms with Gasteiger partial charge in [-0.3, -0.25) is 4.79 Å². The van der Waals surface area contributed by atoms with Gasteiger partial charge >= 0.3 is 0 Å². The molecule has 2 aromatic rings. The number of hydrogen-bond donors (Lipinski definition) is 1. The lowest BCUT2D eigenvalue weighted by atomic mass is 10.2. The fourth-order valence-electron chi connectivity index (χ4n) is 2.91. The monoisotopic (exact) mass is 317 g/mol. The number of H-pyrrole nitrogens is 1. The summed E-state index contributed by atoms with van der Waals surface area (Å²) >= 11 is 0. The number of likely N-dealkylation sites (tertiary alicyclic amines) is 1. The molecule has 6 heteroatoms. The van der Waals surface area contributed by atoms with Crippen LogP contribution in [0.25, 0.3) is 0 Å². The number of nitrogens with zero attached hydrogens (tertiary/aromatic N) is 2. The van der Waals surface area contributed by atoms with E-state index in [0.717, 1.165) is 30.9 Å². The Balaban J connectivity index is 1.56. The number of carbonyl (C=O) groups excluding carboxylic acids is 1. The van der Waals surface area contributed by atoms with Crippen molar-refractivity contribution in [1.29, 1.82) is 0 Å². The number of hydrogen-bond acceptors (Lipinski definition) is 3. The van der Waals surface area contributed by atoms with Crippen LogP contribution in [-0.2, 0) is 4.79 Å². The molecule has 1 aromatic heterocycles. The Morgan fingerprint density at radius 2 is 2.30 bits per heavy atom. The van der Waals surface area contributed by atoms with E-state index in [1.807, 2.05) is 11.8 Å². The van der Waals surface area contributed by atoms with Gasteiger partial charge in [0.2, 0.25) is 5.91 Å². The first-order chi connectivity index (χ1) is 11.1. The molecule has 122 valence electrons. The van der Waals surface area contributed by atoms with Crippen LogP contribution >= 0.6 is 0 Å². The molecule has 2 heterocycles. The number of amides is 1. The van der Waals surface area contributed by atoms with E-state index in [2.05, 4.69) is 9.97 Å². The van der Waals surface area contributed by atoms with Crippen LogP contribution in [0, 0.1) is 12.7 Å². The summed E-state index contributed by atoms with van der Waals surface area (Å²) < 4.78 is 18.8. The molecule has 1 fully saturated rings. The smallest absolute Gasteiger partial charge is 0.226 e. The van der Waals surface area contributed by atoms with Crippen LogP contribution < -0.4 is 4.74 Å². The highest BCUT2D eigenvalue weighted by molar-refractivity contribution is 5.77. The minimum atomic E-state index is -0.412. The molecule has 1 unspecified atom stereocenters. The molecule has 5 nitrogen and oxygen atoms in total. The fourth-order valence-corrected chi connectivity index (χ4v) is 2.91. The molecule has 1 aromatic carbocycles. The molecule has 1 aliphatic rings. The molecule has 1 atom stereocenters. The Kier molecular flexibility index (Phi) is 4.60. The number of aryl methyl sites for hydroxylation is 1. The quantitative estimate of drug-likeness (QED) is 0.922. The summed E-state index contributed by atoms with van der Waals surface area (Å²) in [4.78, 5) is 21.8. The van der Waals surface area contributed by atoms with Crippen LogP contribution in [0.1, 0.15) is 36.8 Å². The number of ether oxygens (including phenoxy) is 1. The number of imidazole rings is 1. The predicted molar refractivity (Wildman–Crippen MR) is 83.5 cm³/mol. The minimum Gasteiger partial charge on any atom is -0.490 e. The number of aromatic nitrogens is 2. The Bertz CT molecular complexity index is 686. The predicted octanol–water partition coefficient (Wildman–Crippen LogP) is 2.99. The Hall–Kier alpha value is -2.37. The molecule has 1 saturated heterocycles. The van der Waals surface area contributed by atoms with Crippen molar-refractivity contribution in [3.63, 3.8) is 0 Å². The number of halogens is 1. The summed E-state index contributed by atoms with van der Waals surface area (Å²) in [5.74, 6) is 0.617. The number of rotatable bonds is 5. The Labute approximate surface area is 134 Å². The SMILES string of the molecule is Cc1cnc(C2CCCN2C(=O)CCOc2ccccc2F)[nH]1. The molecule has 1 amide bonds. The maximum atomic E-state index is 13.5. The van der Waals surface area contributed by atoms with Crippen molar-refractivity contribution < 1.29 is 13.9 Å². The largest absolute Gasteiger partial charge is 0.490 e. The molecular weight excluding hydrogens is 297 g/mol. The Morgan fingerprint density at radius 1 is 1.48 bits per heavy atom. The molecule has 0 saturated carbocycles. The lowest BCUT2D eigenvalue weighted by Crippen LogP contribution is -2.32. The van der Waals surface area contributed by atoms with Crippen LogP contribution in [0.2, 0.25) is 0 Å². The first-order valence-corrected chi connectivity index (χ1v) is 7.83. The highest BCUT2D eigenvalue weighted by Gasteiger charge is 2.31. The average molecular weight is 317 g/mol. The number of nitrogens with one attached hydrogen (secondary N) is 1. The van der Waals surface area contributed by atoms with Crippen molar-refractivity contribution in [2.75, 3.05) is 13.2 Å². The number of para-hydroxylation sites is 1. The van der Waals surface area contributed by atoms with Gasteiger partial charge in [0.15, 0.2) is 11.6 Å². The van der Waals surface area contributed by atoms with Gasteiger partial charge in [-0.25, -0.2) is 9.37 Å². The third kappa shape index (κ3) is 3.52. The first-order valence-electron chi connectivity index (χ1n) is 7.83. The van der Waals surface area contributed by atoms with Crippen LogP contribution in [-0.4, -0.2) is 33.9 Å². The molecule has 23 heavy (non-hydrogen) atoms. The van der Waals surface area contributed by atoms with E-state index in [9.17, 15) is 9.18 Å². The highest BCUT2D eigenvalue weighted by Crippen LogP contribution is 2.30. The van der Waals surface area contributed by atoms with Crippen molar-refractivity contribution in [3.05, 3.63) is 47.8 Å². The first kappa shape index (κ1) is 15.5. The maximum absolute atomic E-state index is 13.5. The van der Waals surface area contributed by atoms with E-state index >= 15 is 0 Å². The van der Waals surface area contributed by atoms with E-state index in [1.54, 1.807) is 24.4 Å². The third-order valence-electron chi connectivity index (χ3n) is 4.02. The van der Waals surface area contributed by atoms with Gasteiger partial charge < -0.3 is 14.6 Å². The fraction of sp³-hybridized carbons (Fsp3) is 0.412. The molecule has 1 N–H and O–H groups in total. The van der Waals surface area contributed by atoms with E-state index < -0.39 is 5.82 Å². The second kappa shape index (κ2) is 6.81. The van der Waals surface area contributed by atoms with Gasteiger partial charge in [0.05, 0.1) is 19.1 Å². The summed E-state index contributed by atoms with van der Waals surface area (Å²) in [6.07, 6.45) is 3.87. The van der Waals surface area contributed by atoms with E-state index in [-0.39, 0.29) is 30.7 Å². The van der Waals surface area contributed by atoms with Crippen molar-refractivity contribution in [2.24, 2.45) is 0 Å². The zero-order valence-electron chi connectivity index (χ0n) is 13.1.